The molecule has 4 rings (SSSR count). The molecule has 0 spiro atoms. The molecule has 3 aromatic carbocycles. The van der Waals surface area contributed by atoms with Crippen LogP contribution in [0, 0.1) is 5.82 Å². The average molecular weight is 515 g/mol. The van der Waals surface area contributed by atoms with Gasteiger partial charge in [-0.2, -0.15) is 0 Å². The molecule has 9 heteroatoms. The fourth-order valence-electron chi connectivity index (χ4n) is 4.09. The van der Waals surface area contributed by atoms with E-state index in [1.54, 1.807) is 30.3 Å². The van der Waals surface area contributed by atoms with E-state index in [0.29, 0.717) is 41.2 Å². The molecule has 3 aromatic rings. The molecule has 1 aliphatic rings. The van der Waals surface area contributed by atoms with Gasteiger partial charge in [0.15, 0.2) is 0 Å². The van der Waals surface area contributed by atoms with Crippen molar-refractivity contribution in [2.24, 2.45) is 0 Å². The number of carboxylic acids is 1. The number of carbonyl (C=O) groups excluding carboxylic acids is 2. The fraction of sp³-hybridized carbons (Fsp3) is 0.192. The molecule has 0 saturated carbocycles. The number of nitrogens with zero attached hydrogens (tertiary/aromatic N) is 1. The molecule has 0 bridgehead atoms. The normalized spacial score (nSPS) is 12.7. The number of nitrogens with one attached hydrogen (secondary N) is 1. The SMILES string of the molecule is O=C(O)CCNC(=O)c1ccc(Cl)c(-c2ccc3c(c2)CCCN3C(=O)c2c(F)cccc2Cl)c1. The number of amides is 2. The third kappa shape index (κ3) is 5.31. The number of halogens is 3. The minimum absolute atomic E-state index is 0.0147. The lowest BCUT2D eigenvalue weighted by atomic mass is 9.94. The van der Waals surface area contributed by atoms with Crippen molar-refractivity contribution in [3.8, 4) is 11.1 Å². The Kier molecular flexibility index (Phi) is 7.38. The molecular formula is C26H21Cl2FN2O4. The summed E-state index contributed by atoms with van der Waals surface area (Å²) in [5.41, 5.74) is 3.13. The van der Waals surface area contributed by atoms with Gasteiger partial charge in [0.2, 0.25) is 0 Å². The summed E-state index contributed by atoms with van der Waals surface area (Å²) in [6.07, 6.45) is 1.23. The van der Waals surface area contributed by atoms with E-state index in [2.05, 4.69) is 5.32 Å². The second-order valence-corrected chi connectivity index (χ2v) is 8.91. The highest BCUT2D eigenvalue weighted by Crippen LogP contribution is 2.36. The zero-order chi connectivity index (χ0) is 25.1. The van der Waals surface area contributed by atoms with E-state index in [9.17, 15) is 18.8 Å². The number of carbonyl (C=O) groups is 3. The summed E-state index contributed by atoms with van der Waals surface area (Å²) in [4.78, 5) is 37.8. The predicted octanol–water partition coefficient (Wildman–Crippen LogP) is 5.60. The number of benzene rings is 3. The molecule has 35 heavy (non-hydrogen) atoms. The average Bonchev–Trinajstić information content (AvgIpc) is 2.83. The van der Waals surface area contributed by atoms with Crippen molar-refractivity contribution in [1.29, 1.82) is 0 Å². The number of fused-ring (bicyclic) bond motifs is 1. The van der Waals surface area contributed by atoms with E-state index in [0.717, 1.165) is 11.1 Å². The maximum absolute atomic E-state index is 14.4. The third-order valence-corrected chi connectivity index (χ3v) is 6.43. The summed E-state index contributed by atoms with van der Waals surface area (Å²) in [7, 11) is 0. The van der Waals surface area contributed by atoms with Gasteiger partial charge in [-0.05, 0) is 66.4 Å². The third-order valence-electron chi connectivity index (χ3n) is 5.78. The number of rotatable bonds is 6. The second-order valence-electron chi connectivity index (χ2n) is 8.09. The van der Waals surface area contributed by atoms with Crippen LogP contribution in [0.2, 0.25) is 10.0 Å². The molecule has 1 heterocycles. The zero-order valence-corrected chi connectivity index (χ0v) is 20.0. The largest absolute Gasteiger partial charge is 0.481 e. The van der Waals surface area contributed by atoms with E-state index >= 15 is 0 Å². The maximum Gasteiger partial charge on any atom is 0.305 e. The minimum Gasteiger partial charge on any atom is -0.481 e. The summed E-state index contributed by atoms with van der Waals surface area (Å²) in [5, 5.41) is 11.8. The first kappa shape index (κ1) is 24.7. The van der Waals surface area contributed by atoms with E-state index in [4.69, 9.17) is 28.3 Å². The Balaban J connectivity index is 1.63. The van der Waals surface area contributed by atoms with Crippen LogP contribution in [0.4, 0.5) is 10.1 Å². The Morgan fingerprint density at radius 1 is 1.03 bits per heavy atom. The van der Waals surface area contributed by atoms with Crippen molar-refractivity contribution >= 4 is 46.7 Å². The van der Waals surface area contributed by atoms with Crippen molar-refractivity contribution in [2.75, 3.05) is 18.0 Å². The first-order chi connectivity index (χ1) is 16.8. The molecule has 0 atom stereocenters. The number of carboxylic acid groups (broad SMARTS) is 1. The van der Waals surface area contributed by atoms with Gasteiger partial charge in [-0.25, -0.2) is 4.39 Å². The van der Waals surface area contributed by atoms with Crippen LogP contribution < -0.4 is 10.2 Å². The molecule has 0 unspecified atom stereocenters. The second kappa shape index (κ2) is 10.5. The van der Waals surface area contributed by atoms with E-state index in [1.807, 2.05) is 6.07 Å². The Hall–Kier alpha value is -3.42. The Bertz CT molecular complexity index is 1310. The lowest BCUT2D eigenvalue weighted by Gasteiger charge is -2.30. The van der Waals surface area contributed by atoms with Crippen LogP contribution >= 0.6 is 23.2 Å². The monoisotopic (exact) mass is 514 g/mol. The van der Waals surface area contributed by atoms with Gasteiger partial charge in [0, 0.05) is 34.9 Å². The smallest absolute Gasteiger partial charge is 0.305 e. The van der Waals surface area contributed by atoms with Gasteiger partial charge >= 0.3 is 5.97 Å². The fourth-order valence-corrected chi connectivity index (χ4v) is 4.56. The minimum atomic E-state index is -0.999. The molecule has 0 aromatic heterocycles. The Labute approximate surface area is 211 Å². The van der Waals surface area contributed by atoms with Crippen LogP contribution in [0.15, 0.2) is 54.6 Å². The molecule has 2 amide bonds. The van der Waals surface area contributed by atoms with Gasteiger partial charge in [0.05, 0.1) is 17.0 Å². The van der Waals surface area contributed by atoms with Crippen molar-refractivity contribution in [3.05, 3.63) is 87.2 Å². The molecule has 0 radical (unpaired) electrons. The molecule has 0 aliphatic carbocycles. The highest BCUT2D eigenvalue weighted by molar-refractivity contribution is 6.34. The molecular weight excluding hydrogens is 494 g/mol. The summed E-state index contributed by atoms with van der Waals surface area (Å²) in [5.74, 6) is -2.57. The van der Waals surface area contributed by atoms with Crippen LogP contribution in [-0.4, -0.2) is 36.0 Å². The lowest BCUT2D eigenvalue weighted by Crippen LogP contribution is -2.36. The summed E-state index contributed by atoms with van der Waals surface area (Å²) in [6.45, 7) is 0.448. The topological polar surface area (TPSA) is 86.7 Å². The van der Waals surface area contributed by atoms with Crippen molar-refractivity contribution in [3.63, 3.8) is 0 Å². The predicted molar refractivity (Wildman–Crippen MR) is 133 cm³/mol. The number of anilines is 1. The van der Waals surface area contributed by atoms with Crippen LogP contribution in [0.5, 0.6) is 0 Å². The van der Waals surface area contributed by atoms with E-state index in [1.165, 1.54) is 23.1 Å². The molecule has 0 fully saturated rings. The highest BCUT2D eigenvalue weighted by Gasteiger charge is 2.27. The van der Waals surface area contributed by atoms with Crippen molar-refractivity contribution < 1.29 is 23.9 Å². The standard InChI is InChI=1S/C26H21Cl2FN2O4/c27-19-8-6-17(25(34)30-11-10-23(32)33)14-18(19)15-7-9-22-16(13-15)3-2-12-31(22)26(35)24-20(28)4-1-5-21(24)29/h1,4-9,13-14H,2-3,10-12H2,(H,30,34)(H,32,33). The van der Waals surface area contributed by atoms with Crippen molar-refractivity contribution in [2.45, 2.75) is 19.3 Å². The molecule has 180 valence electrons. The van der Waals surface area contributed by atoms with E-state index < -0.39 is 23.6 Å². The molecule has 1 aliphatic heterocycles. The molecule has 0 saturated heterocycles. The summed E-state index contributed by atoms with van der Waals surface area (Å²) >= 11 is 12.5. The number of aliphatic carboxylic acids is 1. The van der Waals surface area contributed by atoms with Gasteiger partial charge in [-0.1, -0.05) is 35.3 Å². The van der Waals surface area contributed by atoms with E-state index in [-0.39, 0.29) is 23.6 Å². The first-order valence-electron chi connectivity index (χ1n) is 10.9. The van der Waals surface area contributed by atoms with Gasteiger partial charge in [0.25, 0.3) is 11.8 Å². The highest BCUT2D eigenvalue weighted by atomic mass is 35.5. The van der Waals surface area contributed by atoms with Gasteiger partial charge < -0.3 is 15.3 Å². The van der Waals surface area contributed by atoms with Gasteiger partial charge in [0.1, 0.15) is 5.82 Å². The maximum atomic E-state index is 14.4. The Morgan fingerprint density at radius 3 is 2.57 bits per heavy atom. The molecule has 6 nitrogen and oxygen atoms in total. The number of hydrogen-bond donors (Lipinski definition) is 2. The van der Waals surface area contributed by atoms with Gasteiger partial charge in [-0.15, -0.1) is 0 Å². The molecule has 2 N–H and O–H groups in total. The summed E-state index contributed by atoms with van der Waals surface area (Å²) in [6, 6.07) is 14.5. The zero-order valence-electron chi connectivity index (χ0n) is 18.5. The quantitative estimate of drug-likeness (QED) is 0.448. The van der Waals surface area contributed by atoms with Crippen LogP contribution in [0.3, 0.4) is 0 Å². The number of hydrogen-bond acceptors (Lipinski definition) is 3. The van der Waals surface area contributed by atoms with Crippen molar-refractivity contribution in [1.82, 2.24) is 5.32 Å². The lowest BCUT2D eigenvalue weighted by molar-refractivity contribution is -0.136. The van der Waals surface area contributed by atoms with Crippen LogP contribution in [-0.2, 0) is 11.2 Å². The first-order valence-corrected chi connectivity index (χ1v) is 11.7. The van der Waals surface area contributed by atoms with Crippen LogP contribution in [0.1, 0.15) is 39.1 Å². The van der Waals surface area contributed by atoms with Gasteiger partial charge in [-0.3, -0.25) is 14.4 Å². The Morgan fingerprint density at radius 2 is 1.83 bits per heavy atom. The number of aryl methyl sites for hydroxylation is 1. The summed E-state index contributed by atoms with van der Waals surface area (Å²) < 4.78 is 14.4. The van der Waals surface area contributed by atoms with Crippen LogP contribution in [0.25, 0.3) is 11.1 Å².